The Balaban J connectivity index is 2.48. The molecule has 1 aromatic rings. The number of rotatable bonds is 4. The van der Waals surface area contributed by atoms with Crippen LogP contribution in [0.1, 0.15) is 32.3 Å². The van der Waals surface area contributed by atoms with Gasteiger partial charge in [0.05, 0.1) is 30.8 Å². The lowest BCUT2D eigenvalue weighted by Crippen LogP contribution is -2.33. The highest BCUT2D eigenvalue weighted by molar-refractivity contribution is 5.95. The van der Waals surface area contributed by atoms with Crippen LogP contribution in [0.4, 0.5) is 5.69 Å². The predicted molar refractivity (Wildman–Crippen MR) is 83.6 cm³/mol. The summed E-state index contributed by atoms with van der Waals surface area (Å²) in [5.74, 6) is 0.161. The largest absolute Gasteiger partial charge is 0.493 e. The van der Waals surface area contributed by atoms with Gasteiger partial charge in [-0.1, -0.05) is 0 Å². The first-order chi connectivity index (χ1) is 10.8. The standard InChI is InChI=1S/C16H19NO6/c1-16(2)6-5-10(15(18)23-16)7-11-8-13(21-3)14(22-4)9-12(11)17(19)20/h7-9H,5-6H2,1-4H3/b10-7+. The molecule has 0 atom stereocenters. The van der Waals surface area contributed by atoms with Crippen LogP contribution in [0.25, 0.3) is 6.08 Å². The van der Waals surface area contributed by atoms with Crippen LogP contribution in [0, 0.1) is 10.1 Å². The molecule has 0 bridgehead atoms. The molecule has 0 spiro atoms. The first-order valence-electron chi connectivity index (χ1n) is 7.12. The normalized spacial score (nSPS) is 18.4. The van der Waals surface area contributed by atoms with Crippen LogP contribution in [0.2, 0.25) is 0 Å². The molecule has 0 unspecified atom stereocenters. The Hall–Kier alpha value is -2.57. The van der Waals surface area contributed by atoms with Crippen molar-refractivity contribution >= 4 is 17.7 Å². The second-order valence-electron chi connectivity index (χ2n) is 5.84. The molecule has 7 heteroatoms. The molecule has 1 aliphatic heterocycles. The quantitative estimate of drug-likeness (QED) is 0.366. The summed E-state index contributed by atoms with van der Waals surface area (Å²) in [5.41, 5.74) is 0.00421. The summed E-state index contributed by atoms with van der Waals surface area (Å²) < 4.78 is 15.6. The Bertz CT molecular complexity index is 677. The summed E-state index contributed by atoms with van der Waals surface area (Å²) in [4.78, 5) is 22.8. The molecule has 1 fully saturated rings. The molecule has 23 heavy (non-hydrogen) atoms. The van der Waals surface area contributed by atoms with Crippen molar-refractivity contribution in [3.8, 4) is 11.5 Å². The van der Waals surface area contributed by atoms with Gasteiger partial charge >= 0.3 is 5.97 Å². The van der Waals surface area contributed by atoms with Crippen LogP contribution < -0.4 is 9.47 Å². The third-order valence-corrected chi connectivity index (χ3v) is 3.69. The summed E-state index contributed by atoms with van der Waals surface area (Å²) in [7, 11) is 2.85. The first kappa shape index (κ1) is 16.8. The van der Waals surface area contributed by atoms with Crippen LogP contribution in [0.5, 0.6) is 11.5 Å². The number of esters is 1. The van der Waals surface area contributed by atoms with Crippen LogP contribution in [-0.2, 0) is 9.53 Å². The monoisotopic (exact) mass is 321 g/mol. The number of nitrogens with zero attached hydrogens (tertiary/aromatic N) is 1. The molecule has 0 amide bonds. The second-order valence-corrected chi connectivity index (χ2v) is 5.84. The van der Waals surface area contributed by atoms with E-state index < -0.39 is 16.5 Å². The predicted octanol–water partition coefficient (Wildman–Crippen LogP) is 3.11. The van der Waals surface area contributed by atoms with Crippen molar-refractivity contribution < 1.29 is 23.9 Å². The number of hydrogen-bond donors (Lipinski definition) is 0. The van der Waals surface area contributed by atoms with E-state index in [4.69, 9.17) is 14.2 Å². The minimum Gasteiger partial charge on any atom is -0.493 e. The van der Waals surface area contributed by atoms with E-state index in [9.17, 15) is 14.9 Å². The SMILES string of the molecule is COc1cc(/C=C2\CCC(C)(C)OC2=O)c([N+](=O)[O-])cc1OC. The molecule has 1 aromatic carbocycles. The molecule has 124 valence electrons. The number of carbonyl (C=O) groups excluding carboxylic acids is 1. The van der Waals surface area contributed by atoms with Crippen molar-refractivity contribution in [1.82, 2.24) is 0 Å². The van der Waals surface area contributed by atoms with Gasteiger partial charge in [0, 0.05) is 5.57 Å². The number of hydrogen-bond acceptors (Lipinski definition) is 6. The van der Waals surface area contributed by atoms with Crippen LogP contribution >= 0.6 is 0 Å². The van der Waals surface area contributed by atoms with Gasteiger partial charge in [0.15, 0.2) is 11.5 Å². The highest BCUT2D eigenvalue weighted by Crippen LogP contribution is 2.37. The number of methoxy groups -OCH3 is 2. The van der Waals surface area contributed by atoms with Gasteiger partial charge in [0.25, 0.3) is 5.69 Å². The fourth-order valence-electron chi connectivity index (χ4n) is 2.38. The van der Waals surface area contributed by atoms with E-state index in [1.165, 1.54) is 32.4 Å². The summed E-state index contributed by atoms with van der Waals surface area (Å²) in [5, 5.41) is 11.3. The lowest BCUT2D eigenvalue weighted by molar-refractivity contribution is -0.385. The molecular weight excluding hydrogens is 302 g/mol. The van der Waals surface area contributed by atoms with E-state index in [1.54, 1.807) is 0 Å². The third-order valence-electron chi connectivity index (χ3n) is 3.69. The summed E-state index contributed by atoms with van der Waals surface area (Å²) in [6.07, 6.45) is 2.64. The van der Waals surface area contributed by atoms with Crippen molar-refractivity contribution in [2.45, 2.75) is 32.3 Å². The molecule has 0 aromatic heterocycles. The van der Waals surface area contributed by atoms with Gasteiger partial charge in [0.1, 0.15) is 5.60 Å². The zero-order valence-corrected chi connectivity index (χ0v) is 13.5. The van der Waals surface area contributed by atoms with E-state index in [1.807, 2.05) is 13.8 Å². The van der Waals surface area contributed by atoms with Gasteiger partial charge in [-0.2, -0.15) is 0 Å². The number of carbonyl (C=O) groups is 1. The average Bonchev–Trinajstić information content (AvgIpc) is 2.48. The van der Waals surface area contributed by atoms with E-state index in [0.717, 1.165) is 0 Å². The first-order valence-corrected chi connectivity index (χ1v) is 7.12. The fourth-order valence-corrected chi connectivity index (χ4v) is 2.38. The van der Waals surface area contributed by atoms with E-state index in [0.29, 0.717) is 24.2 Å². The summed E-state index contributed by atoms with van der Waals surface area (Å²) in [6.45, 7) is 3.67. The Kier molecular flexibility index (Phi) is 4.58. The van der Waals surface area contributed by atoms with Gasteiger partial charge in [0.2, 0.25) is 0 Å². The Morgan fingerprint density at radius 3 is 2.39 bits per heavy atom. The van der Waals surface area contributed by atoms with Crippen molar-refractivity contribution in [2.75, 3.05) is 14.2 Å². The minimum absolute atomic E-state index is 0.159. The third kappa shape index (κ3) is 3.61. The van der Waals surface area contributed by atoms with Gasteiger partial charge in [-0.25, -0.2) is 4.79 Å². The van der Waals surface area contributed by atoms with Crippen molar-refractivity contribution in [3.05, 3.63) is 33.4 Å². The second kappa shape index (κ2) is 6.28. The zero-order chi connectivity index (χ0) is 17.2. The van der Waals surface area contributed by atoms with Gasteiger partial charge in [-0.15, -0.1) is 0 Å². The lowest BCUT2D eigenvalue weighted by Gasteiger charge is -2.30. The number of cyclic esters (lactones) is 1. The smallest absolute Gasteiger partial charge is 0.334 e. The van der Waals surface area contributed by atoms with E-state index >= 15 is 0 Å². The molecule has 0 saturated carbocycles. The Morgan fingerprint density at radius 2 is 1.87 bits per heavy atom. The number of ether oxygens (including phenoxy) is 3. The molecular formula is C16H19NO6. The van der Waals surface area contributed by atoms with Crippen molar-refractivity contribution in [3.63, 3.8) is 0 Å². The number of nitro groups is 1. The number of nitro benzene ring substituents is 1. The van der Waals surface area contributed by atoms with Gasteiger partial charge < -0.3 is 14.2 Å². The van der Waals surface area contributed by atoms with Crippen LogP contribution in [0.15, 0.2) is 17.7 Å². The highest BCUT2D eigenvalue weighted by atomic mass is 16.6. The molecule has 1 heterocycles. The fraction of sp³-hybridized carbons (Fsp3) is 0.438. The number of benzene rings is 1. The highest BCUT2D eigenvalue weighted by Gasteiger charge is 2.31. The van der Waals surface area contributed by atoms with E-state index in [-0.39, 0.29) is 17.0 Å². The van der Waals surface area contributed by atoms with E-state index in [2.05, 4.69) is 0 Å². The molecule has 1 aliphatic rings. The summed E-state index contributed by atoms with van der Waals surface area (Å²) >= 11 is 0. The molecule has 0 radical (unpaired) electrons. The minimum atomic E-state index is -0.521. The van der Waals surface area contributed by atoms with Crippen LogP contribution in [-0.4, -0.2) is 30.7 Å². The zero-order valence-electron chi connectivity index (χ0n) is 13.5. The average molecular weight is 321 g/mol. The summed E-state index contributed by atoms with van der Waals surface area (Å²) in [6, 6.07) is 2.76. The maximum Gasteiger partial charge on any atom is 0.334 e. The topological polar surface area (TPSA) is 87.9 Å². The van der Waals surface area contributed by atoms with Gasteiger partial charge in [-0.05, 0) is 38.8 Å². The lowest BCUT2D eigenvalue weighted by atomic mass is 9.93. The van der Waals surface area contributed by atoms with Crippen molar-refractivity contribution in [2.24, 2.45) is 0 Å². The maximum absolute atomic E-state index is 12.1. The van der Waals surface area contributed by atoms with Gasteiger partial charge in [-0.3, -0.25) is 10.1 Å². The molecule has 0 aliphatic carbocycles. The molecule has 1 saturated heterocycles. The molecule has 0 N–H and O–H groups in total. The van der Waals surface area contributed by atoms with Crippen LogP contribution in [0.3, 0.4) is 0 Å². The maximum atomic E-state index is 12.1. The molecule has 7 nitrogen and oxygen atoms in total. The Morgan fingerprint density at radius 1 is 1.26 bits per heavy atom. The molecule has 2 rings (SSSR count). The Labute approximate surface area is 134 Å². The van der Waals surface area contributed by atoms with Crippen molar-refractivity contribution in [1.29, 1.82) is 0 Å².